The molecule has 0 radical (unpaired) electrons. The first-order valence-corrected chi connectivity index (χ1v) is 8.94. The predicted octanol–water partition coefficient (Wildman–Crippen LogP) is 3.00. The zero-order valence-electron chi connectivity index (χ0n) is 12.4. The molecular weight excluding hydrogens is 291 g/mol. The number of halogens is 1. The van der Waals surface area contributed by atoms with Crippen molar-refractivity contribution < 1.29 is 12.8 Å². The van der Waals surface area contributed by atoms with E-state index in [1.807, 2.05) is 0 Å². The van der Waals surface area contributed by atoms with E-state index in [4.69, 9.17) is 5.73 Å². The lowest BCUT2D eigenvalue weighted by Crippen LogP contribution is -2.32. The summed E-state index contributed by atoms with van der Waals surface area (Å²) in [6, 6.07) is 3.69. The molecule has 21 heavy (non-hydrogen) atoms. The third kappa shape index (κ3) is 3.74. The maximum Gasteiger partial charge on any atom is 0.246 e. The van der Waals surface area contributed by atoms with E-state index in [9.17, 15) is 12.8 Å². The number of nitrogens with zero attached hydrogens (tertiary/aromatic N) is 1. The van der Waals surface area contributed by atoms with Crippen molar-refractivity contribution in [3.8, 4) is 0 Å². The molecule has 0 aromatic heterocycles. The van der Waals surface area contributed by atoms with Gasteiger partial charge >= 0.3 is 0 Å². The molecule has 1 fully saturated rings. The van der Waals surface area contributed by atoms with E-state index in [-0.39, 0.29) is 10.6 Å². The second-order valence-electron chi connectivity index (χ2n) is 5.68. The van der Waals surface area contributed by atoms with Crippen LogP contribution in [0.3, 0.4) is 0 Å². The fraction of sp³-hybridized carbons (Fsp3) is 0.600. The highest BCUT2D eigenvalue weighted by Gasteiger charge is 2.29. The Morgan fingerprint density at radius 2 is 2.10 bits per heavy atom. The van der Waals surface area contributed by atoms with E-state index < -0.39 is 15.8 Å². The van der Waals surface area contributed by atoms with E-state index in [0.29, 0.717) is 19.0 Å². The van der Waals surface area contributed by atoms with Crippen molar-refractivity contribution in [2.45, 2.75) is 43.9 Å². The minimum absolute atomic E-state index is 0.258. The molecule has 1 aromatic rings. The number of hydrogen-bond acceptors (Lipinski definition) is 3. The summed E-state index contributed by atoms with van der Waals surface area (Å²) in [7, 11) is -3.80. The molecule has 0 amide bonds. The van der Waals surface area contributed by atoms with Crippen LogP contribution in [-0.2, 0) is 10.0 Å². The highest BCUT2D eigenvalue weighted by atomic mass is 32.2. The van der Waals surface area contributed by atoms with Crippen LogP contribution in [-0.4, -0.2) is 25.8 Å². The summed E-state index contributed by atoms with van der Waals surface area (Å²) in [5.41, 5.74) is 5.85. The van der Waals surface area contributed by atoms with E-state index in [0.717, 1.165) is 38.2 Å². The minimum Gasteiger partial charge on any atom is -0.399 e. The Bertz CT molecular complexity index is 589. The number of sulfonamides is 1. The minimum atomic E-state index is -3.80. The smallest absolute Gasteiger partial charge is 0.246 e. The third-order valence-corrected chi connectivity index (χ3v) is 5.99. The Balaban J connectivity index is 2.21. The Morgan fingerprint density at radius 1 is 1.33 bits per heavy atom. The topological polar surface area (TPSA) is 63.4 Å². The van der Waals surface area contributed by atoms with Crippen LogP contribution in [0.5, 0.6) is 0 Å². The molecule has 1 unspecified atom stereocenters. The monoisotopic (exact) mass is 314 g/mol. The second kappa shape index (κ2) is 6.75. The number of benzene rings is 1. The second-order valence-corrected chi connectivity index (χ2v) is 7.59. The van der Waals surface area contributed by atoms with E-state index in [2.05, 4.69) is 6.92 Å². The van der Waals surface area contributed by atoms with Crippen LogP contribution < -0.4 is 5.73 Å². The summed E-state index contributed by atoms with van der Waals surface area (Å²) in [5, 5.41) is 0. The lowest BCUT2D eigenvalue weighted by Gasteiger charge is -2.20. The van der Waals surface area contributed by atoms with Crippen LogP contribution in [0.1, 0.15) is 39.0 Å². The number of nitrogens with two attached hydrogens (primary N) is 1. The maximum absolute atomic E-state index is 13.9. The molecule has 0 saturated carbocycles. The van der Waals surface area contributed by atoms with Crippen molar-refractivity contribution in [1.29, 1.82) is 0 Å². The van der Waals surface area contributed by atoms with Gasteiger partial charge in [0, 0.05) is 18.8 Å². The number of anilines is 1. The third-order valence-electron chi connectivity index (χ3n) is 4.08. The van der Waals surface area contributed by atoms with Gasteiger partial charge in [-0.2, -0.15) is 4.31 Å². The average Bonchev–Trinajstić information content (AvgIpc) is 2.68. The molecule has 0 spiro atoms. The Kier molecular flexibility index (Phi) is 5.22. The van der Waals surface area contributed by atoms with Crippen molar-refractivity contribution in [1.82, 2.24) is 4.31 Å². The normalized spacial score (nSPS) is 21.1. The van der Waals surface area contributed by atoms with Crippen LogP contribution in [0.25, 0.3) is 0 Å². The summed E-state index contributed by atoms with van der Waals surface area (Å²) in [4.78, 5) is -0.309. The molecule has 0 bridgehead atoms. The van der Waals surface area contributed by atoms with Crippen LogP contribution in [0.2, 0.25) is 0 Å². The molecule has 1 aliphatic rings. The van der Waals surface area contributed by atoms with Crippen molar-refractivity contribution in [3.05, 3.63) is 24.0 Å². The first-order chi connectivity index (χ1) is 9.95. The molecular formula is C15H23FN2O2S. The van der Waals surface area contributed by atoms with Gasteiger partial charge in [0.2, 0.25) is 10.0 Å². The molecule has 4 nitrogen and oxygen atoms in total. The summed E-state index contributed by atoms with van der Waals surface area (Å²) < 4.78 is 40.5. The van der Waals surface area contributed by atoms with Gasteiger partial charge < -0.3 is 5.73 Å². The first kappa shape index (κ1) is 16.2. The summed E-state index contributed by atoms with van der Waals surface area (Å²) in [6.45, 7) is 3.06. The predicted molar refractivity (Wildman–Crippen MR) is 81.8 cm³/mol. The van der Waals surface area contributed by atoms with Gasteiger partial charge in [-0.25, -0.2) is 12.8 Å². The molecule has 1 heterocycles. The van der Waals surface area contributed by atoms with Gasteiger partial charge in [0.1, 0.15) is 10.7 Å². The van der Waals surface area contributed by atoms with Crippen molar-refractivity contribution in [2.75, 3.05) is 18.8 Å². The van der Waals surface area contributed by atoms with Gasteiger partial charge in [-0.1, -0.05) is 19.8 Å². The largest absolute Gasteiger partial charge is 0.399 e. The van der Waals surface area contributed by atoms with E-state index in [1.165, 1.54) is 16.4 Å². The van der Waals surface area contributed by atoms with Gasteiger partial charge in [0.15, 0.2) is 0 Å². The van der Waals surface area contributed by atoms with Crippen LogP contribution in [0.15, 0.2) is 23.1 Å². The molecule has 2 rings (SSSR count). The average molecular weight is 314 g/mol. The number of rotatable bonds is 4. The molecule has 0 aliphatic carbocycles. The van der Waals surface area contributed by atoms with Crippen molar-refractivity contribution in [3.63, 3.8) is 0 Å². The lowest BCUT2D eigenvalue weighted by molar-refractivity contribution is 0.398. The highest BCUT2D eigenvalue weighted by Crippen LogP contribution is 2.27. The van der Waals surface area contributed by atoms with Crippen LogP contribution in [0.4, 0.5) is 10.1 Å². The zero-order valence-corrected chi connectivity index (χ0v) is 13.2. The Hall–Kier alpha value is -1.14. The standard InChI is InChI=1S/C15H23FN2O2S/c1-2-4-12-5-3-9-18(10-8-12)21(19,20)15-11-13(17)6-7-14(15)16/h6-7,11-12H,2-5,8-10,17H2,1H3. The van der Waals surface area contributed by atoms with E-state index in [1.54, 1.807) is 0 Å². The number of nitrogen functional groups attached to an aromatic ring is 1. The maximum atomic E-state index is 13.9. The van der Waals surface area contributed by atoms with E-state index >= 15 is 0 Å². The van der Waals surface area contributed by atoms with Crippen LogP contribution >= 0.6 is 0 Å². The van der Waals surface area contributed by atoms with Crippen molar-refractivity contribution >= 4 is 15.7 Å². The Morgan fingerprint density at radius 3 is 2.81 bits per heavy atom. The molecule has 118 valence electrons. The quantitative estimate of drug-likeness (QED) is 0.869. The molecule has 6 heteroatoms. The fourth-order valence-electron chi connectivity index (χ4n) is 2.93. The molecule has 1 atom stereocenters. The summed E-state index contributed by atoms with van der Waals surface area (Å²) in [6.07, 6.45) is 4.95. The Labute approximate surface area is 126 Å². The molecule has 1 aromatic carbocycles. The van der Waals surface area contributed by atoms with Gasteiger partial charge in [-0.05, 0) is 43.4 Å². The van der Waals surface area contributed by atoms with Gasteiger partial charge in [-0.3, -0.25) is 0 Å². The van der Waals surface area contributed by atoms with Gasteiger partial charge in [0.25, 0.3) is 0 Å². The van der Waals surface area contributed by atoms with Gasteiger partial charge in [-0.15, -0.1) is 0 Å². The molecule has 1 saturated heterocycles. The highest BCUT2D eigenvalue weighted by molar-refractivity contribution is 7.89. The SMILES string of the molecule is CCCC1CCCN(S(=O)(=O)c2cc(N)ccc2F)CC1. The molecule has 2 N–H and O–H groups in total. The summed E-state index contributed by atoms with van der Waals surface area (Å²) >= 11 is 0. The lowest BCUT2D eigenvalue weighted by atomic mass is 9.96. The van der Waals surface area contributed by atoms with Gasteiger partial charge in [0.05, 0.1) is 0 Å². The van der Waals surface area contributed by atoms with Crippen LogP contribution in [0, 0.1) is 11.7 Å². The zero-order chi connectivity index (χ0) is 15.5. The summed E-state index contributed by atoms with van der Waals surface area (Å²) in [5.74, 6) is -0.167. The number of hydrogen-bond donors (Lipinski definition) is 1. The first-order valence-electron chi connectivity index (χ1n) is 7.50. The fourth-order valence-corrected chi connectivity index (χ4v) is 4.53. The molecule has 1 aliphatic heterocycles. The van der Waals surface area contributed by atoms with Crippen molar-refractivity contribution in [2.24, 2.45) is 5.92 Å².